The second-order valence-corrected chi connectivity index (χ2v) is 6.68. The van der Waals surface area contributed by atoms with Crippen LogP contribution in [0.2, 0.25) is 10.0 Å². The van der Waals surface area contributed by atoms with Gasteiger partial charge in [0, 0.05) is 54.5 Å². The van der Waals surface area contributed by atoms with Crippen LogP contribution in [0.4, 0.5) is 19.0 Å². The Bertz CT molecular complexity index is 707. The Balaban J connectivity index is 1.60. The maximum Gasteiger partial charge on any atom is 0.417 e. The van der Waals surface area contributed by atoms with E-state index in [0.29, 0.717) is 35.5 Å². The van der Waals surface area contributed by atoms with Crippen molar-refractivity contribution in [3.05, 3.63) is 57.7 Å². The van der Waals surface area contributed by atoms with Crippen LogP contribution in [0.3, 0.4) is 0 Å². The summed E-state index contributed by atoms with van der Waals surface area (Å²) in [4.78, 5) is 8.14. The van der Waals surface area contributed by atoms with Gasteiger partial charge in [-0.15, -0.1) is 0 Å². The van der Waals surface area contributed by atoms with Crippen LogP contribution in [0.5, 0.6) is 0 Å². The first kappa shape index (κ1) is 18.3. The molecule has 0 N–H and O–H groups in total. The molecule has 1 fully saturated rings. The van der Waals surface area contributed by atoms with Crippen LogP contribution in [-0.4, -0.2) is 36.1 Å². The number of halogens is 5. The minimum Gasteiger partial charge on any atom is -0.354 e. The number of aromatic nitrogens is 1. The fourth-order valence-electron chi connectivity index (χ4n) is 2.78. The standard InChI is InChI=1S/C17H16Cl2F3N3/c18-14-2-1-3-15(19)13(14)11-24-6-8-25(9-7-24)16-5-4-12(10-23-16)17(20,21)22/h1-5,10H,6-9,11H2. The molecule has 0 radical (unpaired) electrons. The first-order valence-corrected chi connectivity index (χ1v) is 8.53. The Morgan fingerprint density at radius 1 is 0.960 bits per heavy atom. The van der Waals surface area contributed by atoms with Crippen molar-refractivity contribution in [2.24, 2.45) is 0 Å². The van der Waals surface area contributed by atoms with Crippen molar-refractivity contribution in [2.45, 2.75) is 12.7 Å². The van der Waals surface area contributed by atoms with Crippen LogP contribution in [0.25, 0.3) is 0 Å². The fourth-order valence-corrected chi connectivity index (χ4v) is 3.30. The Morgan fingerprint density at radius 2 is 1.60 bits per heavy atom. The van der Waals surface area contributed by atoms with Gasteiger partial charge in [-0.05, 0) is 24.3 Å². The van der Waals surface area contributed by atoms with Gasteiger partial charge in [0.25, 0.3) is 0 Å². The van der Waals surface area contributed by atoms with E-state index in [4.69, 9.17) is 23.2 Å². The molecule has 134 valence electrons. The van der Waals surface area contributed by atoms with Crippen LogP contribution < -0.4 is 4.90 Å². The predicted octanol–water partition coefficient (Wildman–Crippen LogP) is 4.73. The molecule has 8 heteroatoms. The second kappa shape index (κ2) is 7.40. The van der Waals surface area contributed by atoms with E-state index >= 15 is 0 Å². The number of piperazine rings is 1. The van der Waals surface area contributed by atoms with Crippen LogP contribution >= 0.6 is 23.2 Å². The number of alkyl halides is 3. The number of nitrogens with zero attached hydrogens (tertiary/aromatic N) is 3. The molecule has 0 atom stereocenters. The normalized spacial score (nSPS) is 16.3. The molecule has 0 saturated carbocycles. The zero-order chi connectivity index (χ0) is 18.0. The number of hydrogen-bond acceptors (Lipinski definition) is 3. The topological polar surface area (TPSA) is 19.4 Å². The van der Waals surface area contributed by atoms with Crippen LogP contribution in [-0.2, 0) is 12.7 Å². The zero-order valence-electron chi connectivity index (χ0n) is 13.2. The third-order valence-electron chi connectivity index (χ3n) is 4.21. The van der Waals surface area contributed by atoms with Crippen molar-refractivity contribution in [1.29, 1.82) is 0 Å². The van der Waals surface area contributed by atoms with E-state index in [9.17, 15) is 13.2 Å². The highest BCUT2D eigenvalue weighted by atomic mass is 35.5. The molecule has 25 heavy (non-hydrogen) atoms. The highest BCUT2D eigenvalue weighted by Gasteiger charge is 2.31. The molecule has 1 aliphatic rings. The Labute approximate surface area is 154 Å². The highest BCUT2D eigenvalue weighted by molar-refractivity contribution is 6.35. The Kier molecular flexibility index (Phi) is 5.41. The molecule has 1 aromatic carbocycles. The number of pyridine rings is 1. The quantitative estimate of drug-likeness (QED) is 0.756. The van der Waals surface area contributed by atoms with Gasteiger partial charge in [0.15, 0.2) is 0 Å². The number of rotatable bonds is 3. The average molecular weight is 390 g/mol. The molecule has 2 heterocycles. The van der Waals surface area contributed by atoms with E-state index in [-0.39, 0.29) is 0 Å². The Morgan fingerprint density at radius 3 is 2.12 bits per heavy atom. The van der Waals surface area contributed by atoms with Crippen LogP contribution in [0.1, 0.15) is 11.1 Å². The fraction of sp³-hybridized carbons (Fsp3) is 0.353. The minimum atomic E-state index is -4.36. The molecular weight excluding hydrogens is 374 g/mol. The lowest BCUT2D eigenvalue weighted by atomic mass is 10.2. The summed E-state index contributed by atoms with van der Waals surface area (Å²) in [6.45, 7) is 3.52. The van der Waals surface area contributed by atoms with Gasteiger partial charge in [-0.1, -0.05) is 29.3 Å². The van der Waals surface area contributed by atoms with Gasteiger partial charge in [-0.2, -0.15) is 13.2 Å². The molecule has 3 nitrogen and oxygen atoms in total. The van der Waals surface area contributed by atoms with E-state index in [1.807, 2.05) is 23.1 Å². The molecule has 0 aliphatic carbocycles. The van der Waals surface area contributed by atoms with E-state index in [1.165, 1.54) is 6.07 Å². The molecule has 0 amide bonds. The van der Waals surface area contributed by atoms with Crippen molar-refractivity contribution in [3.8, 4) is 0 Å². The van der Waals surface area contributed by atoms with E-state index in [2.05, 4.69) is 9.88 Å². The molecule has 1 saturated heterocycles. The van der Waals surface area contributed by atoms with Crippen molar-refractivity contribution >= 4 is 29.0 Å². The first-order valence-electron chi connectivity index (χ1n) is 7.78. The summed E-state index contributed by atoms with van der Waals surface area (Å²) in [7, 11) is 0. The first-order chi connectivity index (χ1) is 11.8. The lowest BCUT2D eigenvalue weighted by molar-refractivity contribution is -0.137. The molecule has 1 aromatic heterocycles. The summed E-state index contributed by atoms with van der Waals surface area (Å²) < 4.78 is 37.8. The largest absolute Gasteiger partial charge is 0.417 e. The summed E-state index contributed by atoms with van der Waals surface area (Å²) in [5.74, 6) is 0.559. The van der Waals surface area contributed by atoms with Gasteiger partial charge in [0.1, 0.15) is 5.82 Å². The highest BCUT2D eigenvalue weighted by Crippen LogP contribution is 2.30. The van der Waals surface area contributed by atoms with Crippen LogP contribution in [0, 0.1) is 0 Å². The molecule has 0 bridgehead atoms. The molecule has 0 spiro atoms. The number of hydrogen-bond donors (Lipinski definition) is 0. The maximum atomic E-state index is 12.6. The van der Waals surface area contributed by atoms with Crippen molar-refractivity contribution in [2.75, 3.05) is 31.1 Å². The number of benzene rings is 1. The summed E-state index contributed by atoms with van der Waals surface area (Å²) >= 11 is 12.4. The number of anilines is 1. The monoisotopic (exact) mass is 389 g/mol. The third-order valence-corrected chi connectivity index (χ3v) is 4.92. The van der Waals surface area contributed by atoms with Gasteiger partial charge < -0.3 is 4.90 Å². The van der Waals surface area contributed by atoms with Gasteiger partial charge in [-0.3, -0.25) is 4.90 Å². The molecule has 3 rings (SSSR count). The van der Waals surface area contributed by atoms with E-state index in [0.717, 1.165) is 30.9 Å². The lowest BCUT2D eigenvalue weighted by Gasteiger charge is -2.35. The zero-order valence-corrected chi connectivity index (χ0v) is 14.7. The van der Waals surface area contributed by atoms with Crippen molar-refractivity contribution in [1.82, 2.24) is 9.88 Å². The van der Waals surface area contributed by atoms with Crippen molar-refractivity contribution < 1.29 is 13.2 Å². The Hall–Kier alpha value is -1.50. The van der Waals surface area contributed by atoms with Gasteiger partial charge in [0.2, 0.25) is 0 Å². The van der Waals surface area contributed by atoms with Crippen LogP contribution in [0.15, 0.2) is 36.5 Å². The molecular formula is C17H16Cl2F3N3. The molecule has 0 unspecified atom stereocenters. The predicted molar refractivity (Wildman–Crippen MR) is 93.2 cm³/mol. The minimum absolute atomic E-state index is 0.559. The summed E-state index contributed by atoms with van der Waals surface area (Å²) in [5, 5.41) is 1.28. The van der Waals surface area contributed by atoms with Gasteiger partial charge >= 0.3 is 6.18 Å². The summed E-state index contributed by atoms with van der Waals surface area (Å²) in [5.41, 5.74) is 0.162. The van der Waals surface area contributed by atoms with E-state index in [1.54, 1.807) is 0 Å². The van der Waals surface area contributed by atoms with Crippen molar-refractivity contribution in [3.63, 3.8) is 0 Å². The lowest BCUT2D eigenvalue weighted by Crippen LogP contribution is -2.46. The van der Waals surface area contributed by atoms with E-state index < -0.39 is 11.7 Å². The third kappa shape index (κ3) is 4.37. The smallest absolute Gasteiger partial charge is 0.354 e. The average Bonchev–Trinajstić information content (AvgIpc) is 2.58. The summed E-state index contributed by atoms with van der Waals surface area (Å²) in [6, 6.07) is 7.92. The van der Waals surface area contributed by atoms with Gasteiger partial charge in [0.05, 0.1) is 5.56 Å². The summed E-state index contributed by atoms with van der Waals surface area (Å²) in [6.07, 6.45) is -3.48. The molecule has 1 aliphatic heterocycles. The van der Waals surface area contributed by atoms with Gasteiger partial charge in [-0.25, -0.2) is 4.98 Å². The maximum absolute atomic E-state index is 12.6. The second-order valence-electron chi connectivity index (χ2n) is 5.87. The SMILES string of the molecule is FC(F)(F)c1ccc(N2CCN(Cc3c(Cl)cccc3Cl)CC2)nc1. The molecule has 2 aromatic rings.